The second kappa shape index (κ2) is 7.42. The van der Waals surface area contributed by atoms with E-state index >= 15 is 0 Å². The summed E-state index contributed by atoms with van der Waals surface area (Å²) in [5.74, 6) is -0.773. The molecule has 0 aliphatic rings. The summed E-state index contributed by atoms with van der Waals surface area (Å²) in [6.45, 7) is 7.32. The Morgan fingerprint density at radius 3 is 2.35 bits per heavy atom. The van der Waals surface area contributed by atoms with Gasteiger partial charge in [0.05, 0.1) is 4.88 Å². The summed E-state index contributed by atoms with van der Waals surface area (Å²) in [6.07, 6.45) is 0. The highest BCUT2D eigenvalue weighted by Crippen LogP contribution is 2.21. The molecule has 0 aliphatic heterocycles. The number of rotatable bonds is 6. The maximum atomic E-state index is 12.8. The molecule has 1 aromatic carbocycles. The number of amides is 1. The SMILES string of the molecule is Cc1ccccc1CN(CC(C)C)C(=O)c1ccc(C(=O)O)s1. The summed E-state index contributed by atoms with van der Waals surface area (Å²) in [5.41, 5.74) is 2.25. The van der Waals surface area contributed by atoms with Crippen LogP contribution in [0.4, 0.5) is 0 Å². The number of aryl methyl sites for hydroxylation is 1. The van der Waals surface area contributed by atoms with Crippen LogP contribution < -0.4 is 0 Å². The zero-order valence-corrected chi connectivity index (χ0v) is 14.4. The van der Waals surface area contributed by atoms with Gasteiger partial charge in [0.25, 0.3) is 5.91 Å². The molecule has 0 fully saturated rings. The highest BCUT2D eigenvalue weighted by Gasteiger charge is 2.21. The van der Waals surface area contributed by atoms with E-state index in [2.05, 4.69) is 13.8 Å². The molecule has 2 aromatic rings. The maximum Gasteiger partial charge on any atom is 0.345 e. The lowest BCUT2D eigenvalue weighted by atomic mass is 10.1. The van der Waals surface area contributed by atoms with Crippen LogP contribution in [0, 0.1) is 12.8 Å². The van der Waals surface area contributed by atoms with Gasteiger partial charge in [-0.25, -0.2) is 4.79 Å². The smallest absolute Gasteiger partial charge is 0.345 e. The predicted molar refractivity (Wildman–Crippen MR) is 92.0 cm³/mol. The number of carbonyl (C=O) groups excluding carboxylic acids is 1. The van der Waals surface area contributed by atoms with Gasteiger partial charge in [-0.2, -0.15) is 0 Å². The maximum absolute atomic E-state index is 12.8. The number of aromatic carboxylic acids is 1. The van der Waals surface area contributed by atoms with Crippen molar-refractivity contribution in [2.24, 2.45) is 5.92 Å². The summed E-state index contributed by atoms with van der Waals surface area (Å²) >= 11 is 1.03. The second-order valence-electron chi connectivity index (χ2n) is 5.98. The fraction of sp³-hybridized carbons (Fsp3) is 0.333. The Hall–Kier alpha value is -2.14. The molecule has 5 heteroatoms. The highest BCUT2D eigenvalue weighted by molar-refractivity contribution is 7.15. The number of hydrogen-bond donors (Lipinski definition) is 1. The molecule has 1 N–H and O–H groups in total. The first-order chi connectivity index (χ1) is 10.9. The average molecular weight is 331 g/mol. The summed E-state index contributed by atoms with van der Waals surface area (Å²) < 4.78 is 0. The number of thiophene rings is 1. The van der Waals surface area contributed by atoms with E-state index in [0.717, 1.165) is 22.5 Å². The molecule has 0 saturated heterocycles. The zero-order chi connectivity index (χ0) is 17.0. The molecule has 1 aromatic heterocycles. The largest absolute Gasteiger partial charge is 0.477 e. The summed E-state index contributed by atoms with van der Waals surface area (Å²) in [7, 11) is 0. The van der Waals surface area contributed by atoms with E-state index in [4.69, 9.17) is 5.11 Å². The molecule has 1 amide bonds. The van der Waals surface area contributed by atoms with Crippen molar-refractivity contribution in [2.45, 2.75) is 27.3 Å². The van der Waals surface area contributed by atoms with Crippen molar-refractivity contribution in [2.75, 3.05) is 6.54 Å². The molecule has 0 atom stereocenters. The Morgan fingerprint density at radius 1 is 1.13 bits per heavy atom. The van der Waals surface area contributed by atoms with Crippen LogP contribution in [0.3, 0.4) is 0 Å². The quantitative estimate of drug-likeness (QED) is 0.868. The van der Waals surface area contributed by atoms with Crippen molar-refractivity contribution in [1.82, 2.24) is 4.90 Å². The van der Waals surface area contributed by atoms with Crippen molar-refractivity contribution in [3.05, 3.63) is 57.3 Å². The minimum absolute atomic E-state index is 0.112. The van der Waals surface area contributed by atoms with Gasteiger partial charge in [0.2, 0.25) is 0 Å². The predicted octanol–water partition coefficient (Wildman–Crippen LogP) is 4.05. The number of carboxylic acids is 1. The van der Waals surface area contributed by atoms with Crippen LogP contribution in [0.15, 0.2) is 36.4 Å². The molecule has 0 bridgehead atoms. The number of nitrogens with zero attached hydrogens (tertiary/aromatic N) is 1. The Labute approximate surface area is 140 Å². The van der Waals surface area contributed by atoms with Crippen LogP contribution in [0.5, 0.6) is 0 Å². The van der Waals surface area contributed by atoms with Crippen LogP contribution in [0.25, 0.3) is 0 Å². The second-order valence-corrected chi connectivity index (χ2v) is 7.06. The topological polar surface area (TPSA) is 57.6 Å². The van der Waals surface area contributed by atoms with E-state index in [9.17, 15) is 9.59 Å². The fourth-order valence-electron chi connectivity index (χ4n) is 2.38. The monoisotopic (exact) mass is 331 g/mol. The number of carbonyl (C=O) groups is 2. The van der Waals surface area contributed by atoms with Gasteiger partial charge in [-0.3, -0.25) is 4.79 Å². The highest BCUT2D eigenvalue weighted by atomic mass is 32.1. The van der Waals surface area contributed by atoms with E-state index in [-0.39, 0.29) is 10.8 Å². The van der Waals surface area contributed by atoms with Crippen molar-refractivity contribution in [3.8, 4) is 0 Å². The van der Waals surface area contributed by atoms with Crippen LogP contribution in [0.1, 0.15) is 44.3 Å². The Balaban J connectivity index is 2.24. The molecule has 0 aliphatic carbocycles. The fourth-order valence-corrected chi connectivity index (χ4v) is 3.19. The molecule has 23 heavy (non-hydrogen) atoms. The summed E-state index contributed by atoms with van der Waals surface area (Å²) in [6, 6.07) is 11.1. The Bertz CT molecular complexity index is 706. The number of benzene rings is 1. The third-order valence-corrected chi connectivity index (χ3v) is 4.58. The van der Waals surface area contributed by atoms with Crippen molar-refractivity contribution >= 4 is 23.2 Å². The number of hydrogen-bond acceptors (Lipinski definition) is 3. The third kappa shape index (κ3) is 4.42. The van der Waals surface area contributed by atoms with E-state index in [1.807, 2.05) is 31.2 Å². The van der Waals surface area contributed by atoms with E-state index < -0.39 is 5.97 Å². The van der Waals surface area contributed by atoms with Crippen LogP contribution in [-0.2, 0) is 6.54 Å². The molecule has 0 spiro atoms. The lowest BCUT2D eigenvalue weighted by Gasteiger charge is -2.25. The van der Waals surface area contributed by atoms with Gasteiger partial charge in [-0.1, -0.05) is 38.1 Å². The first kappa shape index (κ1) is 17.2. The molecular formula is C18H21NO3S. The summed E-state index contributed by atoms with van der Waals surface area (Å²) in [4.78, 5) is 26.2. The van der Waals surface area contributed by atoms with E-state index in [1.165, 1.54) is 6.07 Å². The minimum Gasteiger partial charge on any atom is -0.477 e. The van der Waals surface area contributed by atoms with Gasteiger partial charge >= 0.3 is 5.97 Å². The summed E-state index contributed by atoms with van der Waals surface area (Å²) in [5, 5.41) is 9.02. The Morgan fingerprint density at radius 2 is 1.78 bits per heavy atom. The molecule has 0 saturated carbocycles. The molecule has 2 rings (SSSR count). The molecular weight excluding hydrogens is 310 g/mol. The van der Waals surface area contributed by atoms with Crippen molar-refractivity contribution in [3.63, 3.8) is 0 Å². The molecule has 1 heterocycles. The van der Waals surface area contributed by atoms with Gasteiger partial charge in [0.15, 0.2) is 0 Å². The van der Waals surface area contributed by atoms with Gasteiger partial charge in [-0.05, 0) is 36.1 Å². The first-order valence-corrected chi connectivity index (χ1v) is 8.37. The molecule has 4 nitrogen and oxygen atoms in total. The van der Waals surface area contributed by atoms with Gasteiger partial charge in [-0.15, -0.1) is 11.3 Å². The van der Waals surface area contributed by atoms with Gasteiger partial charge in [0.1, 0.15) is 4.88 Å². The third-order valence-electron chi connectivity index (χ3n) is 3.52. The Kier molecular flexibility index (Phi) is 5.55. The molecule has 0 unspecified atom stereocenters. The van der Waals surface area contributed by atoms with Crippen LogP contribution in [-0.4, -0.2) is 28.4 Å². The van der Waals surface area contributed by atoms with Gasteiger partial charge < -0.3 is 10.0 Å². The molecule has 0 radical (unpaired) electrons. The normalized spacial score (nSPS) is 10.8. The van der Waals surface area contributed by atoms with Crippen molar-refractivity contribution < 1.29 is 14.7 Å². The minimum atomic E-state index is -0.997. The lowest BCUT2D eigenvalue weighted by Crippen LogP contribution is -2.33. The van der Waals surface area contributed by atoms with Crippen LogP contribution >= 0.6 is 11.3 Å². The standard InChI is InChI=1S/C18H21NO3S/c1-12(2)10-19(11-14-7-5-4-6-13(14)3)17(20)15-8-9-16(23-15)18(21)22/h4-9,12H,10-11H2,1-3H3,(H,21,22). The van der Waals surface area contributed by atoms with E-state index in [0.29, 0.717) is 23.9 Å². The van der Waals surface area contributed by atoms with Crippen molar-refractivity contribution in [1.29, 1.82) is 0 Å². The first-order valence-electron chi connectivity index (χ1n) is 7.55. The van der Waals surface area contributed by atoms with Crippen LogP contribution in [0.2, 0.25) is 0 Å². The average Bonchev–Trinajstić information content (AvgIpc) is 2.97. The van der Waals surface area contributed by atoms with E-state index in [1.54, 1.807) is 11.0 Å². The number of carboxylic acid groups (broad SMARTS) is 1. The lowest BCUT2D eigenvalue weighted by molar-refractivity contribution is 0.0700. The molecule has 122 valence electrons. The zero-order valence-electron chi connectivity index (χ0n) is 13.6. The van der Waals surface area contributed by atoms with Gasteiger partial charge in [0, 0.05) is 13.1 Å².